The first-order valence-electron chi connectivity index (χ1n) is 13.8. The Balaban J connectivity index is 1.33. The highest BCUT2D eigenvalue weighted by molar-refractivity contribution is 5.98. The monoisotopic (exact) mass is 548 g/mol. The first-order chi connectivity index (χ1) is 19.5. The van der Waals surface area contributed by atoms with Gasteiger partial charge in [-0.1, -0.05) is 44.0 Å². The minimum atomic E-state index is -1.69. The Morgan fingerprint density at radius 2 is 1.82 bits per heavy atom. The number of pyridine rings is 1. The molecule has 2 amide bonds. The normalized spacial score (nSPS) is 17.9. The number of carbonyl (C=O) groups excluding carboxylic acids is 2. The van der Waals surface area contributed by atoms with Crippen LogP contribution in [-0.2, 0) is 25.5 Å². The zero-order valence-electron chi connectivity index (χ0n) is 22.8. The van der Waals surface area contributed by atoms with Crippen molar-refractivity contribution in [2.24, 2.45) is 5.73 Å². The van der Waals surface area contributed by atoms with Crippen LogP contribution in [0.4, 0.5) is 0 Å². The number of carbonyl (C=O) groups is 2. The molecule has 1 unspecified atom stereocenters. The third-order valence-electron chi connectivity index (χ3n) is 7.27. The Bertz CT molecular complexity index is 1300. The summed E-state index contributed by atoms with van der Waals surface area (Å²) in [7, 11) is 0. The highest BCUT2D eigenvalue weighted by Gasteiger charge is 2.50. The van der Waals surface area contributed by atoms with Crippen molar-refractivity contribution in [3.8, 4) is 17.1 Å². The summed E-state index contributed by atoms with van der Waals surface area (Å²) in [6.45, 7) is 6.79. The second-order valence-electron chi connectivity index (χ2n) is 10.0. The van der Waals surface area contributed by atoms with Gasteiger partial charge in [-0.15, -0.1) is 0 Å². The lowest BCUT2D eigenvalue weighted by molar-refractivity contribution is -0.190. The fourth-order valence-corrected chi connectivity index (χ4v) is 5.10. The summed E-state index contributed by atoms with van der Waals surface area (Å²) in [6.07, 6.45) is 5.47. The van der Waals surface area contributed by atoms with E-state index >= 15 is 0 Å². The van der Waals surface area contributed by atoms with E-state index in [-0.39, 0.29) is 13.2 Å². The van der Waals surface area contributed by atoms with E-state index in [4.69, 9.17) is 25.0 Å². The maximum absolute atomic E-state index is 13.5. The third kappa shape index (κ3) is 6.07. The van der Waals surface area contributed by atoms with Crippen molar-refractivity contribution in [1.82, 2.24) is 25.0 Å². The summed E-state index contributed by atoms with van der Waals surface area (Å²) >= 11 is 0. The van der Waals surface area contributed by atoms with Crippen molar-refractivity contribution in [2.45, 2.75) is 44.6 Å². The van der Waals surface area contributed by atoms with Crippen LogP contribution in [0, 0.1) is 0 Å². The highest BCUT2D eigenvalue weighted by atomic mass is 16.7. The average molecular weight is 549 g/mol. The molecule has 2 fully saturated rings. The number of hydrogen-bond donors (Lipinski definition) is 2. The van der Waals surface area contributed by atoms with Gasteiger partial charge in [-0.05, 0) is 30.2 Å². The lowest BCUT2D eigenvalue weighted by Gasteiger charge is -2.33. The Hall–Kier alpha value is -3.64. The van der Waals surface area contributed by atoms with Crippen LogP contribution >= 0.6 is 0 Å². The van der Waals surface area contributed by atoms with Gasteiger partial charge in [0, 0.05) is 37.6 Å². The average Bonchev–Trinajstić information content (AvgIpc) is 3.68. The maximum atomic E-state index is 13.5. The molecule has 0 bridgehead atoms. The summed E-state index contributed by atoms with van der Waals surface area (Å²) in [4.78, 5) is 32.7. The molecule has 0 spiro atoms. The number of morpholine rings is 1. The molecule has 40 heavy (non-hydrogen) atoms. The first-order valence-corrected chi connectivity index (χ1v) is 13.8. The molecule has 0 aliphatic carbocycles. The molecule has 212 valence electrons. The van der Waals surface area contributed by atoms with Crippen molar-refractivity contribution in [3.05, 3.63) is 66.0 Å². The molecule has 2 saturated heterocycles. The lowest BCUT2D eigenvalue weighted by atomic mass is 9.99. The van der Waals surface area contributed by atoms with Crippen LogP contribution in [0.15, 0.2) is 54.9 Å². The van der Waals surface area contributed by atoms with Crippen LogP contribution in [0.2, 0.25) is 0 Å². The van der Waals surface area contributed by atoms with Crippen LogP contribution in [0.3, 0.4) is 0 Å². The number of nitrogens with zero attached hydrogens (tertiary/aromatic N) is 4. The minimum Gasteiger partial charge on any atom is -0.379 e. The molecule has 2 aliphatic heterocycles. The molecule has 3 aromatic rings. The maximum Gasteiger partial charge on any atom is 0.280 e. The van der Waals surface area contributed by atoms with E-state index in [0.717, 1.165) is 56.9 Å². The Morgan fingerprint density at radius 1 is 1.07 bits per heavy atom. The first kappa shape index (κ1) is 27.9. The molecule has 1 atom stereocenters. The molecule has 4 heterocycles. The number of rotatable bonds is 11. The van der Waals surface area contributed by atoms with E-state index < -0.39 is 23.6 Å². The zero-order chi connectivity index (χ0) is 28.0. The Labute approximate surface area is 233 Å². The fourth-order valence-electron chi connectivity index (χ4n) is 5.10. The molecule has 1 aromatic carbocycles. The topological polar surface area (TPSA) is 134 Å². The van der Waals surface area contributed by atoms with E-state index in [1.807, 2.05) is 13.0 Å². The van der Waals surface area contributed by atoms with Crippen molar-refractivity contribution in [3.63, 3.8) is 0 Å². The standard InChI is InChI=1S/C29H36N6O5/c1-2-3-6-25(29(28(30)37)39-18-19-40-29)32-27(36)23-5-4-12-31-26(23)35-13-11-24(33-35)22-9-7-21(8-10-22)20-34-14-16-38-17-15-34/h4-5,7-13,25H,2-3,6,14-20H2,1H3,(H2,30,37)(H,32,36). The number of ether oxygens (including phenoxy) is 3. The van der Waals surface area contributed by atoms with Crippen LogP contribution in [0.25, 0.3) is 17.1 Å². The van der Waals surface area contributed by atoms with Crippen molar-refractivity contribution in [1.29, 1.82) is 0 Å². The minimum absolute atomic E-state index is 0.226. The SMILES string of the molecule is CCCCC(NC(=O)c1cccnc1-n1ccc(-c2ccc(CN3CCOCC3)cc2)n1)C1(C(N)=O)OCCO1. The largest absolute Gasteiger partial charge is 0.379 e. The van der Waals surface area contributed by atoms with Crippen molar-refractivity contribution >= 4 is 11.8 Å². The molecule has 11 heteroatoms. The summed E-state index contributed by atoms with van der Waals surface area (Å²) in [5.74, 6) is -2.51. The van der Waals surface area contributed by atoms with Gasteiger partial charge in [0.1, 0.15) is 0 Å². The van der Waals surface area contributed by atoms with Crippen LogP contribution < -0.4 is 11.1 Å². The number of hydrogen-bond acceptors (Lipinski definition) is 8. The summed E-state index contributed by atoms with van der Waals surface area (Å²) < 4.78 is 18.3. The molecule has 5 rings (SSSR count). The van der Waals surface area contributed by atoms with Gasteiger partial charge in [-0.3, -0.25) is 14.5 Å². The quantitative estimate of drug-likeness (QED) is 0.373. The number of aromatic nitrogens is 3. The van der Waals surface area contributed by atoms with Crippen molar-refractivity contribution in [2.75, 3.05) is 39.5 Å². The predicted octanol–water partition coefficient (Wildman–Crippen LogP) is 2.28. The molecule has 0 radical (unpaired) electrons. The predicted molar refractivity (Wildman–Crippen MR) is 147 cm³/mol. The third-order valence-corrected chi connectivity index (χ3v) is 7.27. The summed E-state index contributed by atoms with van der Waals surface area (Å²) in [5.41, 5.74) is 8.94. The van der Waals surface area contributed by atoms with Crippen LogP contribution in [-0.4, -0.2) is 82.8 Å². The second kappa shape index (κ2) is 12.7. The summed E-state index contributed by atoms with van der Waals surface area (Å²) in [6, 6.07) is 12.8. The van der Waals surface area contributed by atoms with Gasteiger partial charge in [-0.25, -0.2) is 9.67 Å². The van der Waals surface area contributed by atoms with Crippen LogP contribution in [0.5, 0.6) is 0 Å². The lowest BCUT2D eigenvalue weighted by Crippen LogP contribution is -2.60. The van der Waals surface area contributed by atoms with E-state index in [9.17, 15) is 9.59 Å². The van der Waals surface area contributed by atoms with E-state index in [1.54, 1.807) is 29.2 Å². The number of amides is 2. The van der Waals surface area contributed by atoms with E-state index in [0.29, 0.717) is 17.8 Å². The molecule has 3 N–H and O–H groups in total. The number of nitrogens with two attached hydrogens (primary N) is 1. The van der Waals surface area contributed by atoms with E-state index in [1.165, 1.54) is 5.56 Å². The molecule has 2 aliphatic rings. The number of benzene rings is 1. The van der Waals surface area contributed by atoms with E-state index in [2.05, 4.69) is 39.5 Å². The van der Waals surface area contributed by atoms with Crippen molar-refractivity contribution < 1.29 is 23.8 Å². The number of primary amides is 1. The molecule has 11 nitrogen and oxygen atoms in total. The van der Waals surface area contributed by atoms with Gasteiger partial charge in [0.25, 0.3) is 17.6 Å². The Morgan fingerprint density at radius 3 is 2.52 bits per heavy atom. The Kier molecular flexibility index (Phi) is 8.85. The van der Waals surface area contributed by atoms with Gasteiger partial charge in [0.05, 0.1) is 43.7 Å². The molecular weight excluding hydrogens is 512 g/mol. The van der Waals surface area contributed by atoms with Gasteiger partial charge in [0.2, 0.25) is 0 Å². The fraction of sp³-hybridized carbons (Fsp3) is 0.448. The highest BCUT2D eigenvalue weighted by Crippen LogP contribution is 2.28. The molecular formula is C29H36N6O5. The van der Waals surface area contributed by atoms with Gasteiger partial charge >= 0.3 is 0 Å². The van der Waals surface area contributed by atoms with Crippen LogP contribution in [0.1, 0.15) is 42.1 Å². The van der Waals surface area contributed by atoms with Gasteiger partial charge in [-0.2, -0.15) is 5.10 Å². The smallest absolute Gasteiger partial charge is 0.280 e. The number of unbranched alkanes of at least 4 members (excludes halogenated alkanes) is 1. The molecule has 2 aromatic heterocycles. The zero-order valence-corrected chi connectivity index (χ0v) is 22.8. The summed E-state index contributed by atoms with van der Waals surface area (Å²) in [5, 5.41) is 7.65. The second-order valence-corrected chi connectivity index (χ2v) is 10.0. The van der Waals surface area contributed by atoms with Gasteiger partial charge < -0.3 is 25.3 Å². The van der Waals surface area contributed by atoms with Gasteiger partial charge in [0.15, 0.2) is 5.82 Å². The number of nitrogens with one attached hydrogen (secondary N) is 1. The molecule has 0 saturated carbocycles.